The molecule has 0 heterocycles. The molecule has 2 N–H and O–H groups in total. The minimum absolute atomic E-state index is 0.0217. The van der Waals surface area contributed by atoms with Gasteiger partial charge in [0, 0.05) is 24.6 Å². The van der Waals surface area contributed by atoms with E-state index < -0.39 is 13.9 Å². The van der Waals surface area contributed by atoms with Gasteiger partial charge in [-0.15, -0.1) is 5.11 Å². The number of nitrogens with one attached hydrogen (secondary N) is 1. The van der Waals surface area contributed by atoms with Gasteiger partial charge in [0.25, 0.3) is 14.2 Å². The van der Waals surface area contributed by atoms with E-state index in [0.29, 0.717) is 42.3 Å². The summed E-state index contributed by atoms with van der Waals surface area (Å²) in [5, 5.41) is 23.8. The number of nitrogens with zero attached hydrogens (tertiary/aromatic N) is 2. The monoisotopic (exact) mass is 681 g/mol. The Morgan fingerprint density at radius 2 is 1.39 bits per heavy atom. The van der Waals surface area contributed by atoms with E-state index >= 15 is 0 Å². The van der Waals surface area contributed by atoms with Gasteiger partial charge in [-0.25, -0.2) is 0 Å². The van der Waals surface area contributed by atoms with E-state index in [0.717, 1.165) is 0 Å². The van der Waals surface area contributed by atoms with E-state index in [4.69, 9.17) is 13.9 Å². The van der Waals surface area contributed by atoms with Gasteiger partial charge in [0.2, 0.25) is 0 Å². The van der Waals surface area contributed by atoms with Crippen molar-refractivity contribution in [3.8, 4) is 11.5 Å². The van der Waals surface area contributed by atoms with Crippen LogP contribution in [-0.4, -0.2) is 50.7 Å². The highest BCUT2D eigenvalue weighted by Crippen LogP contribution is 2.37. The Bertz CT molecular complexity index is 1660. The molecule has 0 saturated carbocycles. The zero-order valence-corrected chi connectivity index (χ0v) is 30.2. The molecule has 0 aliphatic rings. The van der Waals surface area contributed by atoms with Crippen LogP contribution < -0.4 is 20.4 Å². The van der Waals surface area contributed by atoms with Crippen molar-refractivity contribution in [2.45, 2.75) is 65.0 Å². The number of rotatable bonds is 14. The van der Waals surface area contributed by atoms with Crippen molar-refractivity contribution >= 4 is 41.9 Å². The zero-order chi connectivity index (χ0) is 35.5. The molecule has 258 valence electrons. The second kappa shape index (κ2) is 16.5. The fraction of sp³-hybridized carbons (Fsp3) is 0.333. The summed E-state index contributed by atoms with van der Waals surface area (Å²) in [7, 11) is -2.69. The smallest absolute Gasteiger partial charge is 0.306 e. The summed E-state index contributed by atoms with van der Waals surface area (Å²) in [6.45, 7) is 13.1. The highest BCUT2D eigenvalue weighted by molar-refractivity contribution is 6.99. The maximum atomic E-state index is 13.0. The maximum absolute atomic E-state index is 13.0. The molecule has 1 amide bonds. The Hall–Kier alpha value is -4.80. The van der Waals surface area contributed by atoms with Crippen LogP contribution in [0.4, 0.5) is 11.4 Å². The van der Waals surface area contributed by atoms with Crippen molar-refractivity contribution in [1.29, 1.82) is 0 Å². The number of hydrogen-bond donors (Lipinski definition) is 2. The van der Waals surface area contributed by atoms with Crippen LogP contribution in [0.1, 0.15) is 64.7 Å². The van der Waals surface area contributed by atoms with Gasteiger partial charge in [0.15, 0.2) is 0 Å². The first-order chi connectivity index (χ1) is 23.3. The molecule has 0 aliphatic carbocycles. The molecule has 0 atom stereocenters. The number of benzene rings is 4. The Morgan fingerprint density at radius 3 is 1.96 bits per heavy atom. The van der Waals surface area contributed by atoms with Crippen LogP contribution in [-0.2, 0) is 14.0 Å². The first-order valence-electron chi connectivity index (χ1n) is 16.5. The van der Waals surface area contributed by atoms with Gasteiger partial charge in [-0.2, -0.15) is 5.11 Å². The van der Waals surface area contributed by atoms with Crippen molar-refractivity contribution in [1.82, 2.24) is 5.32 Å². The van der Waals surface area contributed by atoms with Crippen LogP contribution in [0.25, 0.3) is 0 Å². The summed E-state index contributed by atoms with van der Waals surface area (Å²) in [4.78, 5) is 25.0. The summed E-state index contributed by atoms with van der Waals surface area (Å²) in [6, 6.07) is 32.2. The lowest BCUT2D eigenvalue weighted by atomic mass is 10.2. The summed E-state index contributed by atoms with van der Waals surface area (Å²) in [5.74, 6) is -0.152. The first kappa shape index (κ1) is 37.0. The molecular formula is C39H47N3O6Si. The van der Waals surface area contributed by atoms with E-state index in [2.05, 4.69) is 84.8 Å². The molecule has 0 bridgehead atoms. The number of hydrogen-bond acceptors (Lipinski definition) is 8. The van der Waals surface area contributed by atoms with Crippen LogP contribution in [0.2, 0.25) is 5.04 Å². The van der Waals surface area contributed by atoms with Crippen LogP contribution in [0.5, 0.6) is 11.5 Å². The molecule has 0 unspecified atom stereocenters. The van der Waals surface area contributed by atoms with E-state index in [1.54, 1.807) is 30.3 Å². The molecule has 9 nitrogen and oxygen atoms in total. The van der Waals surface area contributed by atoms with E-state index in [9.17, 15) is 14.7 Å². The second-order valence-electron chi connectivity index (χ2n) is 13.7. The lowest BCUT2D eigenvalue weighted by Gasteiger charge is -2.43. The SMILES string of the molecule is CC(C)(C)OC(=O)CCCOc1cc(O)ccc1/N=N/c1ccc(C(=O)NCCO[Si](c2ccccc2)(c2ccccc2)C(C)(C)C)cc1. The molecule has 10 heteroatoms. The lowest BCUT2D eigenvalue weighted by molar-refractivity contribution is -0.155. The van der Waals surface area contributed by atoms with Gasteiger partial charge < -0.3 is 24.3 Å². The molecule has 0 fully saturated rings. The number of phenolic OH excluding ortho intramolecular Hbond substituents is 1. The van der Waals surface area contributed by atoms with Crippen molar-refractivity contribution in [2.75, 3.05) is 19.8 Å². The summed E-state index contributed by atoms with van der Waals surface area (Å²) >= 11 is 0. The van der Waals surface area contributed by atoms with Crippen molar-refractivity contribution < 1.29 is 28.6 Å². The van der Waals surface area contributed by atoms with Crippen molar-refractivity contribution in [3.05, 3.63) is 109 Å². The molecule has 0 radical (unpaired) electrons. The number of azo groups is 1. The third-order valence-electron chi connectivity index (χ3n) is 7.67. The van der Waals surface area contributed by atoms with Crippen molar-refractivity contribution in [3.63, 3.8) is 0 Å². The predicted molar refractivity (Wildman–Crippen MR) is 195 cm³/mol. The zero-order valence-electron chi connectivity index (χ0n) is 29.2. The molecule has 0 saturated heterocycles. The quantitative estimate of drug-likeness (QED) is 0.0612. The minimum Gasteiger partial charge on any atom is -0.508 e. The minimum atomic E-state index is -2.69. The Morgan fingerprint density at radius 1 is 0.776 bits per heavy atom. The molecule has 4 aromatic rings. The molecule has 0 aromatic heterocycles. The Balaban J connectivity index is 1.34. The summed E-state index contributed by atoms with van der Waals surface area (Å²) < 4.78 is 18.0. The van der Waals surface area contributed by atoms with Gasteiger partial charge in [-0.1, -0.05) is 81.4 Å². The fourth-order valence-electron chi connectivity index (χ4n) is 5.52. The predicted octanol–water partition coefficient (Wildman–Crippen LogP) is 7.61. The topological polar surface area (TPSA) is 119 Å². The van der Waals surface area contributed by atoms with Crippen molar-refractivity contribution in [2.24, 2.45) is 10.2 Å². The van der Waals surface area contributed by atoms with Crippen LogP contribution >= 0.6 is 0 Å². The third kappa shape index (κ3) is 10.3. The lowest BCUT2D eigenvalue weighted by Crippen LogP contribution is -2.67. The van der Waals surface area contributed by atoms with E-state index in [1.165, 1.54) is 22.5 Å². The standard InChI is InChI=1S/C39H47N3O6Si/c1-38(2,3)48-36(44)18-13-26-46-35-28-31(43)23-24-34(35)42-41-30-21-19-29(20-22-30)37(45)40-25-27-47-49(39(4,5)6,32-14-9-7-10-15-32)33-16-11-8-12-17-33/h7-12,14-17,19-24,28,43H,13,18,25-27H2,1-6H3,(H,40,45)/b42-41+. The molecule has 0 spiro atoms. The molecule has 49 heavy (non-hydrogen) atoms. The number of aromatic hydroxyl groups is 1. The average molecular weight is 682 g/mol. The van der Waals surface area contributed by atoms with E-state index in [-0.39, 0.29) is 35.7 Å². The molecule has 4 rings (SSSR count). The number of esters is 1. The average Bonchev–Trinajstić information content (AvgIpc) is 3.06. The Kier molecular flexibility index (Phi) is 12.5. The largest absolute Gasteiger partial charge is 0.508 e. The van der Waals surface area contributed by atoms with Gasteiger partial charge >= 0.3 is 5.97 Å². The van der Waals surface area contributed by atoms with Gasteiger partial charge in [-0.3, -0.25) is 9.59 Å². The molecular weight excluding hydrogens is 635 g/mol. The highest BCUT2D eigenvalue weighted by atomic mass is 28.4. The normalized spacial score (nSPS) is 12.1. The molecule has 0 aliphatic heterocycles. The van der Waals surface area contributed by atoms with Crippen LogP contribution in [0.3, 0.4) is 0 Å². The van der Waals surface area contributed by atoms with Gasteiger partial charge in [0.1, 0.15) is 22.8 Å². The number of carbonyl (C=O) groups excluding carboxylic acids is 2. The third-order valence-corrected chi connectivity index (χ3v) is 12.7. The summed E-state index contributed by atoms with van der Waals surface area (Å²) in [6.07, 6.45) is 0.650. The highest BCUT2D eigenvalue weighted by Gasteiger charge is 2.50. The van der Waals surface area contributed by atoms with Crippen LogP contribution in [0.15, 0.2) is 113 Å². The fourth-order valence-corrected chi connectivity index (χ4v) is 10.1. The maximum Gasteiger partial charge on any atom is 0.306 e. The number of phenols is 1. The number of amides is 1. The van der Waals surface area contributed by atoms with E-state index in [1.807, 2.05) is 32.9 Å². The molecule has 4 aromatic carbocycles. The second-order valence-corrected chi connectivity index (χ2v) is 18.0. The van der Waals surface area contributed by atoms with Gasteiger partial charge in [0.05, 0.1) is 18.9 Å². The first-order valence-corrected chi connectivity index (χ1v) is 18.4. The van der Waals surface area contributed by atoms with Gasteiger partial charge in [-0.05, 0) is 79.0 Å². The van der Waals surface area contributed by atoms with Crippen LogP contribution in [0, 0.1) is 0 Å². The number of ether oxygens (including phenoxy) is 2. The summed E-state index contributed by atoms with van der Waals surface area (Å²) in [5.41, 5.74) is 0.900. The number of carbonyl (C=O) groups is 2. The Labute approximate surface area is 290 Å².